The maximum absolute atomic E-state index is 13.7. The zero-order valence-electron chi connectivity index (χ0n) is 26.2. The summed E-state index contributed by atoms with van der Waals surface area (Å²) < 4.78 is 115. The smallest absolute Gasteiger partial charge is 0.422 e. The van der Waals surface area contributed by atoms with Crippen molar-refractivity contribution in [3.63, 3.8) is 0 Å². The molecule has 3 heterocycles. The maximum Gasteiger partial charge on any atom is 0.422 e. The second kappa shape index (κ2) is 13.0. The first kappa shape index (κ1) is 34.3. The minimum atomic E-state index is -4.67. The van der Waals surface area contributed by atoms with Crippen molar-refractivity contribution in [3.05, 3.63) is 48.2 Å². The molecule has 3 fully saturated rings. The van der Waals surface area contributed by atoms with Crippen LogP contribution in [0.25, 0.3) is 10.9 Å². The molecular weight excluding hydrogens is 662 g/mol. The summed E-state index contributed by atoms with van der Waals surface area (Å²) in [4.78, 5) is 2.30. The lowest BCUT2D eigenvalue weighted by molar-refractivity contribution is -0.200. The number of rotatable bonds is 9. The Morgan fingerprint density at radius 2 is 1.71 bits per heavy atom. The van der Waals surface area contributed by atoms with E-state index in [0.717, 1.165) is 74.6 Å². The molecular formula is C33H36F6N4O4S. The first-order valence-electron chi connectivity index (χ1n) is 15.6. The van der Waals surface area contributed by atoms with Gasteiger partial charge in [0.25, 0.3) is 0 Å². The number of likely N-dealkylation sites (tertiary alicyclic amines) is 1. The van der Waals surface area contributed by atoms with Gasteiger partial charge in [-0.2, -0.15) is 26.3 Å². The Hall–Kier alpha value is -3.61. The van der Waals surface area contributed by atoms with Crippen LogP contribution >= 0.6 is 0 Å². The number of fused-ring (bicyclic) bond motifs is 1. The fourth-order valence-corrected chi connectivity index (χ4v) is 7.38. The lowest BCUT2D eigenvalue weighted by Gasteiger charge is -2.58. The number of nitrogens with one attached hydrogen (secondary N) is 2. The fourth-order valence-electron chi connectivity index (χ4n) is 6.75. The third kappa shape index (κ3) is 7.98. The monoisotopic (exact) mass is 698 g/mol. The lowest BCUT2D eigenvalue weighted by atomic mass is 9.75. The summed E-state index contributed by atoms with van der Waals surface area (Å²) in [5.41, 5.74) is 1.63. The van der Waals surface area contributed by atoms with Gasteiger partial charge in [-0.15, -0.1) is 0 Å². The Labute approximate surface area is 274 Å². The minimum Gasteiger partial charge on any atom is -0.482 e. The van der Waals surface area contributed by atoms with Gasteiger partial charge in [-0.25, -0.2) is 8.42 Å². The molecule has 2 aromatic carbocycles. The molecule has 0 atom stereocenters. The fraction of sp³-hybridized carbons (Fsp3) is 0.515. The number of hydrogen-bond acceptors (Lipinski definition) is 7. The SMILES string of the molecule is CS(=O)(=O)c1ccc(NCC#Cc2cc3c(NC4CCC(N5CC6(COC6)C5)CC4)cccc3n2CC(F)(F)F)c(OCC(F)(F)F)c1. The average Bonchev–Trinajstić information content (AvgIpc) is 3.29. The maximum atomic E-state index is 13.7. The largest absolute Gasteiger partial charge is 0.482 e. The number of anilines is 2. The van der Waals surface area contributed by atoms with Gasteiger partial charge in [0, 0.05) is 54.0 Å². The number of alkyl halides is 6. The van der Waals surface area contributed by atoms with Crippen LogP contribution in [0.2, 0.25) is 0 Å². The number of nitrogens with zero attached hydrogens (tertiary/aromatic N) is 2. The third-order valence-electron chi connectivity index (χ3n) is 9.11. The average molecular weight is 699 g/mol. The lowest BCUT2D eigenvalue weighted by Crippen LogP contribution is -2.68. The van der Waals surface area contributed by atoms with Gasteiger partial charge in [0.1, 0.15) is 12.3 Å². The van der Waals surface area contributed by atoms with Gasteiger partial charge in [-0.1, -0.05) is 12.0 Å². The summed E-state index contributed by atoms with van der Waals surface area (Å²) >= 11 is 0. The van der Waals surface area contributed by atoms with Gasteiger partial charge in [-0.3, -0.25) is 4.90 Å². The van der Waals surface area contributed by atoms with E-state index in [4.69, 9.17) is 9.47 Å². The molecule has 6 rings (SSSR count). The molecule has 1 saturated carbocycles. The Morgan fingerprint density at radius 1 is 0.979 bits per heavy atom. The highest BCUT2D eigenvalue weighted by atomic mass is 32.2. The molecule has 2 saturated heterocycles. The molecule has 1 aromatic heterocycles. The van der Waals surface area contributed by atoms with Crippen molar-refractivity contribution in [1.82, 2.24) is 9.47 Å². The van der Waals surface area contributed by atoms with Crippen LogP contribution in [0.3, 0.4) is 0 Å². The van der Waals surface area contributed by atoms with E-state index in [1.54, 1.807) is 18.2 Å². The number of halogens is 6. The van der Waals surface area contributed by atoms with Crippen LogP contribution in [-0.4, -0.2) is 88.0 Å². The molecule has 3 aromatic rings. The number of hydrogen-bond donors (Lipinski definition) is 2. The second-order valence-electron chi connectivity index (χ2n) is 13.0. The van der Waals surface area contributed by atoms with Crippen molar-refractivity contribution in [2.24, 2.45) is 5.41 Å². The van der Waals surface area contributed by atoms with Crippen LogP contribution in [-0.2, 0) is 21.1 Å². The summed E-state index contributed by atoms with van der Waals surface area (Å²) in [5, 5.41) is 6.95. The molecule has 0 bridgehead atoms. The summed E-state index contributed by atoms with van der Waals surface area (Å²) in [6.07, 6.45) is -4.29. The van der Waals surface area contributed by atoms with E-state index in [9.17, 15) is 34.8 Å². The zero-order chi connectivity index (χ0) is 34.3. The van der Waals surface area contributed by atoms with Crippen molar-refractivity contribution in [3.8, 4) is 17.6 Å². The molecule has 3 aliphatic rings. The van der Waals surface area contributed by atoms with Gasteiger partial charge in [-0.05, 0) is 61.9 Å². The zero-order valence-corrected chi connectivity index (χ0v) is 27.0. The summed E-state index contributed by atoms with van der Waals surface area (Å²) in [6.45, 7) is 0.798. The number of benzene rings is 2. The number of aromatic nitrogens is 1. The Morgan fingerprint density at radius 3 is 2.33 bits per heavy atom. The van der Waals surface area contributed by atoms with E-state index in [0.29, 0.717) is 22.4 Å². The predicted molar refractivity (Wildman–Crippen MR) is 169 cm³/mol. The highest BCUT2D eigenvalue weighted by Crippen LogP contribution is 2.41. The van der Waals surface area contributed by atoms with Crippen LogP contribution < -0.4 is 15.4 Å². The van der Waals surface area contributed by atoms with Crippen molar-refractivity contribution in [2.75, 3.05) is 56.3 Å². The highest BCUT2D eigenvalue weighted by molar-refractivity contribution is 7.90. The molecule has 1 spiro atoms. The van der Waals surface area contributed by atoms with Crippen LogP contribution in [0.4, 0.5) is 37.7 Å². The van der Waals surface area contributed by atoms with Gasteiger partial charge < -0.3 is 24.7 Å². The molecule has 1 aliphatic carbocycles. The van der Waals surface area contributed by atoms with Crippen molar-refractivity contribution < 1.29 is 44.2 Å². The molecule has 260 valence electrons. The summed E-state index contributed by atoms with van der Waals surface area (Å²) in [7, 11) is -3.73. The topological polar surface area (TPSA) is 84.8 Å². The predicted octanol–water partition coefficient (Wildman–Crippen LogP) is 6.07. The molecule has 8 nitrogen and oxygen atoms in total. The molecule has 48 heavy (non-hydrogen) atoms. The third-order valence-corrected chi connectivity index (χ3v) is 10.2. The molecule has 0 unspecified atom stereocenters. The van der Waals surface area contributed by atoms with E-state index in [1.807, 2.05) is 6.07 Å². The Bertz CT molecular complexity index is 1810. The molecule has 0 radical (unpaired) electrons. The summed E-state index contributed by atoms with van der Waals surface area (Å²) in [5.74, 6) is 5.17. The van der Waals surface area contributed by atoms with E-state index < -0.39 is 35.3 Å². The van der Waals surface area contributed by atoms with E-state index in [-0.39, 0.29) is 34.6 Å². The van der Waals surface area contributed by atoms with Crippen LogP contribution in [0.5, 0.6) is 5.75 Å². The molecule has 0 amide bonds. The Kier molecular flexibility index (Phi) is 9.29. The molecule has 2 N–H and O–H groups in total. The van der Waals surface area contributed by atoms with Gasteiger partial charge in [0.05, 0.1) is 41.6 Å². The molecule has 15 heteroatoms. The first-order valence-corrected chi connectivity index (χ1v) is 17.5. The van der Waals surface area contributed by atoms with Crippen LogP contribution in [0.15, 0.2) is 47.4 Å². The van der Waals surface area contributed by atoms with Gasteiger partial charge >= 0.3 is 12.4 Å². The Balaban J connectivity index is 1.17. The van der Waals surface area contributed by atoms with Crippen molar-refractivity contribution >= 4 is 32.1 Å². The minimum absolute atomic E-state index is 0.0451. The highest BCUT2D eigenvalue weighted by Gasteiger charge is 2.50. The molecule has 2 aliphatic heterocycles. The number of sulfone groups is 1. The van der Waals surface area contributed by atoms with Crippen molar-refractivity contribution in [1.29, 1.82) is 0 Å². The second-order valence-corrected chi connectivity index (χ2v) is 15.0. The van der Waals surface area contributed by atoms with Gasteiger partial charge in [0.2, 0.25) is 0 Å². The van der Waals surface area contributed by atoms with Crippen molar-refractivity contribution in [2.45, 2.75) is 61.6 Å². The van der Waals surface area contributed by atoms with Crippen LogP contribution in [0.1, 0.15) is 31.4 Å². The normalized spacial score (nSPS) is 21.2. The van der Waals surface area contributed by atoms with Gasteiger partial charge in [0.15, 0.2) is 16.4 Å². The van der Waals surface area contributed by atoms with E-state index >= 15 is 0 Å². The number of ether oxygens (including phenoxy) is 2. The first-order chi connectivity index (χ1) is 22.6. The van der Waals surface area contributed by atoms with E-state index in [1.165, 1.54) is 12.1 Å². The standard InChI is InChI=1S/C33H36F6N4O4S/c1-48(44,45)25-11-12-28(30(15-25)47-21-33(37,38)39)40-13-3-4-24-14-26-27(5-2-6-29(26)43(24)18-32(34,35)36)41-22-7-9-23(10-8-22)42-16-31(17-42)19-46-20-31/h2,5-6,11-12,14-15,22-23,40-41H,7-10,13,16-21H2,1H3. The van der Waals surface area contributed by atoms with Crippen LogP contribution in [0, 0.1) is 17.3 Å². The quantitative estimate of drug-likeness (QED) is 0.208. The van der Waals surface area contributed by atoms with E-state index in [2.05, 4.69) is 27.4 Å². The summed E-state index contributed by atoms with van der Waals surface area (Å²) in [6, 6.07) is 10.9.